The van der Waals surface area contributed by atoms with Gasteiger partial charge in [-0.3, -0.25) is 0 Å². The smallest absolute Gasteiger partial charge is 0.207 e. The molecule has 1 atom stereocenters. The average Bonchev–Trinajstić information content (AvgIpc) is 2.57. The molecule has 0 fully saturated rings. The monoisotopic (exact) mass is 328 g/mol. The first kappa shape index (κ1) is 19.4. The van der Waals surface area contributed by atoms with Crippen LogP contribution in [0, 0.1) is 6.92 Å². The maximum atomic E-state index is 8.98. The van der Waals surface area contributed by atoms with Crippen molar-refractivity contribution in [3.05, 3.63) is 11.1 Å². The van der Waals surface area contributed by atoms with Crippen molar-refractivity contribution in [1.29, 1.82) is 0 Å². The summed E-state index contributed by atoms with van der Waals surface area (Å²) in [6, 6.07) is 0. The summed E-state index contributed by atoms with van der Waals surface area (Å²) < 4.78 is 27.4. The Morgan fingerprint density at radius 2 is 1.39 bits per heavy atom. The third-order valence-corrected chi connectivity index (χ3v) is 3.73. The lowest BCUT2D eigenvalue weighted by Gasteiger charge is -2.21. The number of rotatable bonds is 10. The van der Waals surface area contributed by atoms with Crippen molar-refractivity contribution in [3.8, 4) is 23.0 Å². The summed E-state index contributed by atoms with van der Waals surface area (Å²) in [4.78, 5) is 0. The Hall–Kier alpha value is -1.66. The predicted molar refractivity (Wildman–Crippen MR) is 88.2 cm³/mol. The maximum absolute atomic E-state index is 8.98. The zero-order valence-electron chi connectivity index (χ0n) is 14.9. The lowest BCUT2D eigenvalue weighted by atomic mass is 10.00. The number of methoxy groups -OCH3 is 4. The van der Waals surface area contributed by atoms with Crippen molar-refractivity contribution in [3.63, 3.8) is 0 Å². The number of hydrogen-bond acceptors (Lipinski definition) is 6. The van der Waals surface area contributed by atoms with Gasteiger partial charge in [0.25, 0.3) is 0 Å². The van der Waals surface area contributed by atoms with Gasteiger partial charge in [-0.2, -0.15) is 0 Å². The Balaban J connectivity index is 3.10. The van der Waals surface area contributed by atoms with Crippen molar-refractivity contribution in [1.82, 2.24) is 0 Å². The molecule has 0 heterocycles. The molecule has 0 amide bonds. The van der Waals surface area contributed by atoms with E-state index >= 15 is 0 Å². The molecule has 132 valence electrons. The van der Waals surface area contributed by atoms with Crippen LogP contribution >= 0.6 is 0 Å². The summed E-state index contributed by atoms with van der Waals surface area (Å²) in [6.07, 6.45) is 1.38. The van der Waals surface area contributed by atoms with Crippen LogP contribution in [0.25, 0.3) is 0 Å². The normalized spacial score (nSPS) is 12.0. The molecule has 0 saturated carbocycles. The molecule has 1 aromatic rings. The minimum atomic E-state index is -0.155. The van der Waals surface area contributed by atoms with Gasteiger partial charge in [-0.05, 0) is 26.7 Å². The van der Waals surface area contributed by atoms with Crippen LogP contribution in [0.3, 0.4) is 0 Å². The van der Waals surface area contributed by atoms with Crippen LogP contribution in [0.5, 0.6) is 23.0 Å². The highest BCUT2D eigenvalue weighted by atomic mass is 16.5. The first-order valence-corrected chi connectivity index (χ1v) is 7.63. The molecule has 0 aliphatic heterocycles. The van der Waals surface area contributed by atoms with Crippen molar-refractivity contribution in [2.75, 3.05) is 41.7 Å². The van der Waals surface area contributed by atoms with E-state index in [1.165, 1.54) is 0 Å². The minimum Gasteiger partial charge on any atom is -0.492 e. The van der Waals surface area contributed by atoms with E-state index in [1.54, 1.807) is 28.4 Å². The van der Waals surface area contributed by atoms with E-state index < -0.39 is 0 Å². The molecular weight excluding hydrogens is 300 g/mol. The fourth-order valence-electron chi connectivity index (χ4n) is 2.54. The zero-order valence-corrected chi connectivity index (χ0v) is 14.9. The highest BCUT2D eigenvalue weighted by molar-refractivity contribution is 5.66. The van der Waals surface area contributed by atoms with E-state index in [0.29, 0.717) is 29.6 Å². The molecule has 6 nitrogen and oxygen atoms in total. The Kier molecular flexibility index (Phi) is 7.98. The molecule has 23 heavy (non-hydrogen) atoms. The van der Waals surface area contributed by atoms with Gasteiger partial charge >= 0.3 is 0 Å². The van der Waals surface area contributed by atoms with Crippen molar-refractivity contribution >= 4 is 0 Å². The third-order valence-electron chi connectivity index (χ3n) is 3.73. The number of benzene rings is 1. The van der Waals surface area contributed by atoms with Gasteiger partial charge in [0.15, 0.2) is 11.5 Å². The van der Waals surface area contributed by atoms with E-state index in [9.17, 15) is 0 Å². The third kappa shape index (κ3) is 4.42. The summed E-state index contributed by atoms with van der Waals surface area (Å²) in [5, 5.41) is 8.98. The van der Waals surface area contributed by atoms with E-state index in [2.05, 4.69) is 0 Å². The molecule has 1 aromatic carbocycles. The van der Waals surface area contributed by atoms with Crippen LogP contribution in [-0.4, -0.2) is 52.9 Å². The molecule has 1 N–H and O–H groups in total. The van der Waals surface area contributed by atoms with E-state index in [-0.39, 0.29) is 12.7 Å². The second-order valence-corrected chi connectivity index (χ2v) is 5.20. The van der Waals surface area contributed by atoms with Gasteiger partial charge in [0.05, 0.1) is 41.2 Å². The Morgan fingerprint density at radius 3 is 1.87 bits per heavy atom. The van der Waals surface area contributed by atoms with Crippen molar-refractivity contribution < 1.29 is 28.8 Å². The molecule has 0 aromatic heterocycles. The molecule has 0 saturated heterocycles. The topological polar surface area (TPSA) is 66.4 Å². The Labute approximate surface area is 138 Å². The molecule has 0 spiro atoms. The molecule has 0 bridgehead atoms. The number of hydrogen-bond donors (Lipinski definition) is 1. The SMILES string of the molecule is COc1c(C)c(CCCOC(C)CO)c(OC)c(OC)c1OC. The number of aliphatic hydroxyl groups excluding tert-OH is 1. The molecular formula is C17H28O6. The van der Waals surface area contributed by atoms with Gasteiger partial charge in [-0.1, -0.05) is 0 Å². The molecule has 0 aliphatic carbocycles. The van der Waals surface area contributed by atoms with Gasteiger partial charge in [-0.15, -0.1) is 0 Å². The quantitative estimate of drug-likeness (QED) is 0.665. The summed E-state index contributed by atoms with van der Waals surface area (Å²) in [6.45, 7) is 4.38. The van der Waals surface area contributed by atoms with Crippen molar-refractivity contribution in [2.24, 2.45) is 0 Å². The number of ether oxygens (including phenoxy) is 5. The van der Waals surface area contributed by atoms with Crippen LogP contribution in [0.1, 0.15) is 24.5 Å². The molecule has 6 heteroatoms. The van der Waals surface area contributed by atoms with Crippen LogP contribution in [0.4, 0.5) is 0 Å². The minimum absolute atomic E-state index is 0.0204. The molecule has 0 aliphatic rings. The van der Waals surface area contributed by atoms with Gasteiger partial charge in [0.2, 0.25) is 11.5 Å². The standard InChI is InChI=1S/C17H28O6/c1-11(10-18)23-9-7-8-13-12(2)14(19-3)16(21-5)17(22-6)15(13)20-4/h11,18H,7-10H2,1-6H3. The van der Waals surface area contributed by atoms with Crippen LogP contribution < -0.4 is 18.9 Å². The first-order valence-electron chi connectivity index (χ1n) is 7.63. The fourth-order valence-corrected chi connectivity index (χ4v) is 2.54. The second kappa shape index (κ2) is 9.47. The summed E-state index contributed by atoms with van der Waals surface area (Å²) in [5.74, 6) is 2.35. The second-order valence-electron chi connectivity index (χ2n) is 5.20. The van der Waals surface area contributed by atoms with Crippen LogP contribution in [0.15, 0.2) is 0 Å². The lowest BCUT2D eigenvalue weighted by Crippen LogP contribution is -2.14. The van der Waals surface area contributed by atoms with Gasteiger partial charge in [0, 0.05) is 17.7 Å². The summed E-state index contributed by atoms with van der Waals surface area (Å²) in [5.41, 5.74) is 1.96. The highest BCUT2D eigenvalue weighted by Gasteiger charge is 2.24. The number of aliphatic hydroxyl groups is 1. The Bertz CT molecular complexity index is 501. The predicted octanol–water partition coefficient (Wildman–Crippen LogP) is 2.36. The maximum Gasteiger partial charge on any atom is 0.207 e. The van der Waals surface area contributed by atoms with E-state index in [4.69, 9.17) is 28.8 Å². The molecule has 1 rings (SSSR count). The molecule has 1 unspecified atom stereocenters. The largest absolute Gasteiger partial charge is 0.492 e. The zero-order chi connectivity index (χ0) is 17.4. The van der Waals surface area contributed by atoms with Crippen LogP contribution in [0.2, 0.25) is 0 Å². The average molecular weight is 328 g/mol. The summed E-state index contributed by atoms with van der Waals surface area (Å²) in [7, 11) is 6.36. The lowest BCUT2D eigenvalue weighted by molar-refractivity contribution is 0.0239. The van der Waals surface area contributed by atoms with E-state index in [0.717, 1.165) is 24.0 Å². The van der Waals surface area contributed by atoms with E-state index in [1.807, 2.05) is 13.8 Å². The highest BCUT2D eigenvalue weighted by Crippen LogP contribution is 2.49. The Morgan fingerprint density at radius 1 is 0.870 bits per heavy atom. The van der Waals surface area contributed by atoms with Gasteiger partial charge in [0.1, 0.15) is 0 Å². The van der Waals surface area contributed by atoms with Gasteiger partial charge in [-0.25, -0.2) is 0 Å². The first-order chi connectivity index (χ1) is 11.0. The van der Waals surface area contributed by atoms with Gasteiger partial charge < -0.3 is 28.8 Å². The molecule has 0 radical (unpaired) electrons. The fraction of sp³-hybridized carbons (Fsp3) is 0.647. The summed E-state index contributed by atoms with van der Waals surface area (Å²) >= 11 is 0. The van der Waals surface area contributed by atoms with Crippen LogP contribution in [-0.2, 0) is 11.2 Å². The van der Waals surface area contributed by atoms with Crippen molar-refractivity contribution in [2.45, 2.75) is 32.8 Å².